The van der Waals surface area contributed by atoms with Gasteiger partial charge in [-0.15, -0.1) is 0 Å². The molecule has 2 amide bonds. The number of para-hydroxylation sites is 1. The van der Waals surface area contributed by atoms with E-state index < -0.39 is 17.9 Å². The van der Waals surface area contributed by atoms with Crippen molar-refractivity contribution in [2.24, 2.45) is 0 Å². The Morgan fingerprint density at radius 3 is 2.51 bits per heavy atom. The number of hydrogen-bond acceptors (Lipinski definition) is 5. The molecule has 2 aromatic carbocycles. The van der Waals surface area contributed by atoms with Crippen LogP contribution in [0, 0.1) is 0 Å². The van der Waals surface area contributed by atoms with E-state index in [-0.39, 0.29) is 6.61 Å². The molecule has 35 heavy (non-hydrogen) atoms. The minimum Gasteiger partial charge on any atom is -0.389 e. The van der Waals surface area contributed by atoms with E-state index in [2.05, 4.69) is 10.3 Å². The molecule has 8 heteroatoms. The number of hydrogen-bond donors (Lipinski definition) is 3. The molecule has 8 nitrogen and oxygen atoms in total. The second kappa shape index (κ2) is 9.05. The van der Waals surface area contributed by atoms with Crippen molar-refractivity contribution in [2.45, 2.75) is 19.6 Å². The number of nitrogens with one attached hydrogen (secondary N) is 2. The maximum absolute atomic E-state index is 13.1. The summed E-state index contributed by atoms with van der Waals surface area (Å²) < 4.78 is 7.32. The zero-order valence-corrected chi connectivity index (χ0v) is 20.0. The maximum Gasteiger partial charge on any atom is 0.259 e. The highest BCUT2D eigenvalue weighted by molar-refractivity contribution is 6.50. The highest BCUT2D eigenvalue weighted by Gasteiger charge is 2.35. The van der Waals surface area contributed by atoms with Gasteiger partial charge in [-0.1, -0.05) is 24.3 Å². The largest absolute Gasteiger partial charge is 0.389 e. The summed E-state index contributed by atoms with van der Waals surface area (Å²) in [5.74, 6) is -0.849. The van der Waals surface area contributed by atoms with Crippen LogP contribution in [0.15, 0.2) is 54.9 Å². The minimum absolute atomic E-state index is 0.209. The number of imide groups is 1. The molecule has 0 fully saturated rings. The quantitative estimate of drug-likeness (QED) is 0.342. The van der Waals surface area contributed by atoms with Crippen molar-refractivity contribution in [3.05, 3.63) is 66.0 Å². The topological polar surface area (TPSA) is 99.6 Å². The summed E-state index contributed by atoms with van der Waals surface area (Å²) >= 11 is 0. The van der Waals surface area contributed by atoms with Crippen LogP contribution in [0.2, 0.25) is 0 Å². The second-order valence-corrected chi connectivity index (χ2v) is 8.89. The van der Waals surface area contributed by atoms with Gasteiger partial charge in [-0.3, -0.25) is 14.9 Å². The Labute approximate surface area is 202 Å². The van der Waals surface area contributed by atoms with Gasteiger partial charge in [0.05, 0.1) is 35.9 Å². The fraction of sp³-hybridized carbons (Fsp3) is 0.259. The number of anilines is 1. The van der Waals surface area contributed by atoms with E-state index in [0.29, 0.717) is 35.4 Å². The summed E-state index contributed by atoms with van der Waals surface area (Å²) in [6.45, 7) is 2.90. The van der Waals surface area contributed by atoms with Gasteiger partial charge < -0.3 is 24.3 Å². The Morgan fingerprint density at radius 1 is 1.03 bits per heavy atom. The normalized spacial score (nSPS) is 14.9. The monoisotopic (exact) mass is 472 g/mol. The number of H-pyrrole nitrogens is 1. The Hall–Kier alpha value is -3.88. The summed E-state index contributed by atoms with van der Waals surface area (Å²) in [5, 5.41) is 14.7. The number of aromatic amines is 1. The SMILES string of the molecule is CCOCC(O)Cn1cc(C2=C(c3c[nH]c4ccccc34)C(=O)NC2=O)c2ccc(N(C)C)cc21. The van der Waals surface area contributed by atoms with E-state index in [4.69, 9.17) is 4.74 Å². The number of ether oxygens (including phenoxy) is 1. The highest BCUT2D eigenvalue weighted by atomic mass is 16.5. The van der Waals surface area contributed by atoms with Crippen LogP contribution >= 0.6 is 0 Å². The first-order chi connectivity index (χ1) is 16.9. The number of carbonyl (C=O) groups is 2. The number of carbonyl (C=O) groups excluding carboxylic acids is 2. The van der Waals surface area contributed by atoms with Gasteiger partial charge in [0.2, 0.25) is 0 Å². The first-order valence-electron chi connectivity index (χ1n) is 11.6. The molecule has 180 valence electrons. The fourth-order valence-corrected chi connectivity index (χ4v) is 4.69. The Bertz CT molecular complexity index is 1480. The molecule has 0 saturated heterocycles. The first-order valence-corrected chi connectivity index (χ1v) is 11.6. The van der Waals surface area contributed by atoms with Gasteiger partial charge in [-0.25, -0.2) is 0 Å². The second-order valence-electron chi connectivity index (χ2n) is 8.89. The van der Waals surface area contributed by atoms with E-state index in [9.17, 15) is 14.7 Å². The van der Waals surface area contributed by atoms with Crippen molar-refractivity contribution in [1.29, 1.82) is 0 Å². The van der Waals surface area contributed by atoms with Gasteiger partial charge in [0, 0.05) is 66.2 Å². The van der Waals surface area contributed by atoms with Crippen LogP contribution in [-0.2, 0) is 20.9 Å². The van der Waals surface area contributed by atoms with Crippen LogP contribution in [0.4, 0.5) is 5.69 Å². The lowest BCUT2D eigenvalue weighted by atomic mass is 9.95. The predicted molar refractivity (Wildman–Crippen MR) is 137 cm³/mol. The van der Waals surface area contributed by atoms with Gasteiger partial charge >= 0.3 is 0 Å². The molecule has 1 unspecified atom stereocenters. The van der Waals surface area contributed by atoms with E-state index >= 15 is 0 Å². The molecule has 0 aliphatic carbocycles. The molecule has 0 bridgehead atoms. The van der Waals surface area contributed by atoms with E-state index in [1.165, 1.54) is 0 Å². The number of benzene rings is 2. The van der Waals surface area contributed by atoms with Gasteiger partial charge in [0.25, 0.3) is 11.8 Å². The Balaban J connectivity index is 1.72. The lowest BCUT2D eigenvalue weighted by molar-refractivity contribution is -0.122. The highest BCUT2D eigenvalue weighted by Crippen LogP contribution is 2.39. The van der Waals surface area contributed by atoms with Gasteiger partial charge in [0.1, 0.15) is 0 Å². The number of aliphatic hydroxyl groups excluding tert-OH is 1. The molecule has 3 heterocycles. The van der Waals surface area contributed by atoms with Crippen molar-refractivity contribution in [3.8, 4) is 0 Å². The third kappa shape index (κ3) is 4.00. The van der Waals surface area contributed by atoms with Crippen LogP contribution in [0.5, 0.6) is 0 Å². The van der Waals surface area contributed by atoms with Gasteiger partial charge in [-0.05, 0) is 25.1 Å². The molecule has 5 rings (SSSR count). The van der Waals surface area contributed by atoms with E-state index in [1.807, 2.05) is 79.1 Å². The standard InChI is InChI=1S/C27H28N4O4/c1-4-35-15-17(32)13-31-14-21(19-10-9-16(30(2)3)11-23(19)31)25-24(26(33)29-27(25)34)20-12-28-22-8-6-5-7-18(20)22/h5-12,14,17,28,32H,4,13,15H2,1-3H3,(H,29,33,34). The van der Waals surface area contributed by atoms with Crippen molar-refractivity contribution < 1.29 is 19.4 Å². The number of aliphatic hydroxyl groups is 1. The zero-order chi connectivity index (χ0) is 24.7. The van der Waals surface area contributed by atoms with E-state index in [0.717, 1.165) is 27.5 Å². The third-order valence-corrected chi connectivity index (χ3v) is 6.36. The van der Waals surface area contributed by atoms with Crippen molar-refractivity contribution >= 4 is 50.5 Å². The Morgan fingerprint density at radius 2 is 1.77 bits per heavy atom. The molecule has 2 aromatic heterocycles. The van der Waals surface area contributed by atoms with Gasteiger partial charge in [-0.2, -0.15) is 0 Å². The fourth-order valence-electron chi connectivity index (χ4n) is 4.69. The minimum atomic E-state index is -0.720. The van der Waals surface area contributed by atoms with Gasteiger partial charge in [0.15, 0.2) is 0 Å². The van der Waals surface area contributed by atoms with Crippen LogP contribution in [0.1, 0.15) is 18.1 Å². The molecule has 4 aromatic rings. The molecule has 1 aliphatic heterocycles. The average molecular weight is 473 g/mol. The molecule has 1 aliphatic rings. The number of rotatable bonds is 8. The molecular weight excluding hydrogens is 444 g/mol. The predicted octanol–water partition coefficient (Wildman–Crippen LogP) is 3.15. The van der Waals surface area contributed by atoms with Crippen LogP contribution in [-0.4, -0.2) is 59.9 Å². The molecule has 0 radical (unpaired) electrons. The number of aromatic nitrogens is 2. The zero-order valence-electron chi connectivity index (χ0n) is 20.0. The summed E-state index contributed by atoms with van der Waals surface area (Å²) in [4.78, 5) is 31.3. The summed E-state index contributed by atoms with van der Waals surface area (Å²) in [6, 6.07) is 13.6. The van der Waals surface area contributed by atoms with Crippen molar-refractivity contribution in [2.75, 3.05) is 32.2 Å². The Kier molecular flexibility index (Phi) is 5.92. The maximum atomic E-state index is 13.1. The summed E-state index contributed by atoms with van der Waals surface area (Å²) in [7, 11) is 3.92. The molecule has 0 spiro atoms. The lowest BCUT2D eigenvalue weighted by Crippen LogP contribution is -2.22. The van der Waals surface area contributed by atoms with Crippen molar-refractivity contribution in [3.63, 3.8) is 0 Å². The molecule has 0 saturated carbocycles. The number of amides is 2. The third-order valence-electron chi connectivity index (χ3n) is 6.36. The lowest BCUT2D eigenvalue weighted by Gasteiger charge is -2.15. The van der Waals surface area contributed by atoms with Crippen LogP contribution in [0.3, 0.4) is 0 Å². The smallest absolute Gasteiger partial charge is 0.259 e. The van der Waals surface area contributed by atoms with E-state index in [1.54, 1.807) is 6.20 Å². The molecular formula is C27H28N4O4. The summed E-state index contributed by atoms with van der Waals surface area (Å²) in [6.07, 6.45) is 2.90. The van der Waals surface area contributed by atoms with Crippen LogP contribution < -0.4 is 10.2 Å². The molecule has 1 atom stereocenters. The first kappa shape index (κ1) is 22.9. The van der Waals surface area contributed by atoms with Crippen LogP contribution in [0.25, 0.3) is 33.0 Å². The summed E-state index contributed by atoms with van der Waals surface area (Å²) in [5.41, 5.74) is 4.75. The number of nitrogens with zero attached hydrogens (tertiary/aromatic N) is 2. The average Bonchev–Trinajstić information content (AvgIpc) is 3.50. The number of fused-ring (bicyclic) bond motifs is 2. The molecule has 3 N–H and O–H groups in total. The van der Waals surface area contributed by atoms with Crippen molar-refractivity contribution in [1.82, 2.24) is 14.9 Å².